The zero-order valence-electron chi connectivity index (χ0n) is 14.4. The lowest BCUT2D eigenvalue weighted by Gasteiger charge is -2.33. The van der Waals surface area contributed by atoms with E-state index in [1.54, 1.807) is 0 Å². The van der Waals surface area contributed by atoms with Crippen LogP contribution >= 0.6 is 23.2 Å². The molecule has 2 aromatic carbocycles. The molecule has 0 heterocycles. The van der Waals surface area contributed by atoms with Crippen LogP contribution < -0.4 is 4.31 Å². The molecule has 0 amide bonds. The second-order valence-electron chi connectivity index (χ2n) is 5.95. The summed E-state index contributed by atoms with van der Waals surface area (Å²) in [6, 6.07) is 8.32. The molecule has 2 aromatic rings. The van der Waals surface area contributed by atoms with E-state index in [4.69, 9.17) is 23.2 Å². The predicted octanol–water partition coefficient (Wildman–Crippen LogP) is 4.88. The van der Waals surface area contributed by atoms with E-state index in [-0.39, 0.29) is 15.6 Å². The molecule has 142 valence electrons. The average molecular weight is 420 g/mol. The third-order valence-electron chi connectivity index (χ3n) is 4.03. The van der Waals surface area contributed by atoms with Crippen LogP contribution in [0.3, 0.4) is 0 Å². The van der Waals surface area contributed by atoms with Crippen LogP contribution in [0.5, 0.6) is 0 Å². The van der Waals surface area contributed by atoms with E-state index in [2.05, 4.69) is 0 Å². The second-order valence-corrected chi connectivity index (χ2v) is 8.63. The van der Waals surface area contributed by atoms with Gasteiger partial charge in [-0.05, 0) is 55.8 Å². The maximum Gasteiger partial charge on any atom is 0.264 e. The Hall–Kier alpha value is -1.34. The quantitative estimate of drug-likeness (QED) is 0.695. The number of benzene rings is 2. The predicted molar refractivity (Wildman–Crippen MR) is 103 cm³/mol. The highest BCUT2D eigenvalue weighted by atomic mass is 35.5. The highest BCUT2D eigenvalue weighted by Gasteiger charge is 2.34. The summed E-state index contributed by atoms with van der Waals surface area (Å²) in [5.74, 6) is -0.748. The van der Waals surface area contributed by atoms with Gasteiger partial charge in [0.1, 0.15) is 5.82 Å². The van der Waals surface area contributed by atoms with Crippen molar-refractivity contribution in [2.45, 2.75) is 43.7 Å². The fourth-order valence-electron chi connectivity index (χ4n) is 2.64. The summed E-state index contributed by atoms with van der Waals surface area (Å²) in [7, 11) is -4.16. The SMILES string of the molecule is CCCC(O)[C@@H](C)N(c1cc(Cl)ccc1F)S(=O)(=O)c1ccc(Cl)cc1. The smallest absolute Gasteiger partial charge is 0.264 e. The maximum atomic E-state index is 14.5. The van der Waals surface area contributed by atoms with Gasteiger partial charge < -0.3 is 5.11 Å². The molecule has 4 nitrogen and oxygen atoms in total. The Kier molecular flexibility index (Phi) is 6.91. The summed E-state index contributed by atoms with van der Waals surface area (Å²) in [5, 5.41) is 10.9. The van der Waals surface area contributed by atoms with Crippen molar-refractivity contribution in [1.29, 1.82) is 0 Å². The van der Waals surface area contributed by atoms with Gasteiger partial charge in [0.15, 0.2) is 0 Å². The van der Waals surface area contributed by atoms with Gasteiger partial charge in [0, 0.05) is 10.0 Å². The lowest BCUT2D eigenvalue weighted by Crippen LogP contribution is -2.46. The number of rotatable bonds is 7. The van der Waals surface area contributed by atoms with E-state index in [1.807, 2.05) is 6.92 Å². The Morgan fingerprint density at radius 1 is 1.12 bits per heavy atom. The zero-order valence-corrected chi connectivity index (χ0v) is 16.7. The van der Waals surface area contributed by atoms with E-state index in [0.717, 1.165) is 10.4 Å². The first kappa shape index (κ1) is 21.0. The van der Waals surface area contributed by atoms with Crippen LogP contribution in [0.15, 0.2) is 47.4 Å². The molecule has 2 atom stereocenters. The Morgan fingerprint density at radius 3 is 2.27 bits per heavy atom. The minimum absolute atomic E-state index is 0.0585. The number of nitrogens with zero attached hydrogens (tertiary/aromatic N) is 1. The molecule has 2 rings (SSSR count). The number of halogens is 3. The van der Waals surface area contributed by atoms with E-state index < -0.39 is 28.0 Å². The van der Waals surface area contributed by atoms with Crippen molar-refractivity contribution in [3.05, 3.63) is 58.3 Å². The van der Waals surface area contributed by atoms with Crippen molar-refractivity contribution < 1.29 is 17.9 Å². The van der Waals surface area contributed by atoms with Gasteiger partial charge in [-0.3, -0.25) is 4.31 Å². The number of aliphatic hydroxyl groups excluding tert-OH is 1. The number of aliphatic hydroxyl groups is 1. The fourth-order valence-corrected chi connectivity index (χ4v) is 4.61. The Labute approximate surface area is 163 Å². The lowest BCUT2D eigenvalue weighted by atomic mass is 10.1. The molecule has 0 saturated carbocycles. The molecule has 0 aliphatic rings. The fraction of sp³-hybridized carbons (Fsp3) is 0.333. The Morgan fingerprint density at radius 2 is 1.69 bits per heavy atom. The minimum Gasteiger partial charge on any atom is -0.391 e. The maximum absolute atomic E-state index is 14.5. The van der Waals surface area contributed by atoms with Crippen LogP contribution in [0.4, 0.5) is 10.1 Å². The van der Waals surface area contributed by atoms with Crippen LogP contribution in [0.1, 0.15) is 26.7 Å². The molecule has 0 fully saturated rings. The van der Waals surface area contributed by atoms with Gasteiger partial charge in [-0.25, -0.2) is 12.8 Å². The standard InChI is InChI=1S/C18H20Cl2FNO3S/c1-3-4-18(23)12(2)22(17-11-14(20)7-10-16(17)21)26(24,25)15-8-5-13(19)6-9-15/h5-12,18,23H,3-4H2,1-2H3/t12-,18?/m1/s1. The van der Waals surface area contributed by atoms with Gasteiger partial charge in [0.25, 0.3) is 10.0 Å². The Balaban J connectivity index is 2.63. The van der Waals surface area contributed by atoms with Gasteiger partial charge >= 0.3 is 0 Å². The third kappa shape index (κ3) is 4.49. The molecule has 0 bridgehead atoms. The molecule has 0 aliphatic heterocycles. The first-order valence-corrected chi connectivity index (χ1v) is 10.3. The van der Waals surface area contributed by atoms with E-state index in [0.29, 0.717) is 17.9 Å². The molecular formula is C18H20Cl2FNO3S. The largest absolute Gasteiger partial charge is 0.391 e. The summed E-state index contributed by atoms with van der Waals surface area (Å²) >= 11 is 11.8. The molecule has 1 unspecified atom stereocenters. The molecule has 0 radical (unpaired) electrons. The van der Waals surface area contributed by atoms with Gasteiger partial charge in [0.05, 0.1) is 22.7 Å². The topological polar surface area (TPSA) is 57.6 Å². The van der Waals surface area contributed by atoms with Gasteiger partial charge in [-0.2, -0.15) is 0 Å². The van der Waals surface area contributed by atoms with Crippen LogP contribution in [0, 0.1) is 5.82 Å². The average Bonchev–Trinajstić information content (AvgIpc) is 2.58. The molecule has 1 N–H and O–H groups in total. The zero-order chi connectivity index (χ0) is 19.5. The van der Waals surface area contributed by atoms with Crippen LogP contribution in [0.25, 0.3) is 0 Å². The first-order valence-electron chi connectivity index (χ1n) is 8.11. The monoisotopic (exact) mass is 419 g/mol. The first-order chi connectivity index (χ1) is 12.2. The van der Waals surface area contributed by atoms with Gasteiger partial charge in [-0.15, -0.1) is 0 Å². The molecule has 0 spiro atoms. The van der Waals surface area contributed by atoms with Crippen LogP contribution in [0.2, 0.25) is 10.0 Å². The summed E-state index contributed by atoms with van der Waals surface area (Å²) in [4.78, 5) is -0.0585. The van der Waals surface area contributed by atoms with Crippen LogP contribution in [-0.4, -0.2) is 25.7 Å². The molecule has 0 aliphatic carbocycles. The normalized spacial score (nSPS) is 14.1. The molecule has 8 heteroatoms. The third-order valence-corrected chi connectivity index (χ3v) is 6.43. The second kappa shape index (κ2) is 8.57. The van der Waals surface area contributed by atoms with Crippen LogP contribution in [-0.2, 0) is 10.0 Å². The molecule has 26 heavy (non-hydrogen) atoms. The number of hydrogen-bond donors (Lipinski definition) is 1. The number of hydrogen-bond acceptors (Lipinski definition) is 3. The number of anilines is 1. The Bertz CT molecular complexity index is 859. The van der Waals surface area contributed by atoms with E-state index >= 15 is 0 Å². The summed E-state index contributed by atoms with van der Waals surface area (Å²) in [6.07, 6.45) is 0.0504. The molecular weight excluding hydrogens is 400 g/mol. The highest BCUT2D eigenvalue weighted by Crippen LogP contribution is 2.32. The van der Waals surface area contributed by atoms with Crippen molar-refractivity contribution in [3.8, 4) is 0 Å². The van der Waals surface area contributed by atoms with E-state index in [9.17, 15) is 17.9 Å². The molecule has 0 saturated heterocycles. The summed E-state index contributed by atoms with van der Waals surface area (Å²) in [5.41, 5.74) is -0.213. The molecule has 0 aromatic heterocycles. The lowest BCUT2D eigenvalue weighted by molar-refractivity contribution is 0.141. The van der Waals surface area contributed by atoms with Gasteiger partial charge in [0.2, 0.25) is 0 Å². The minimum atomic E-state index is -4.16. The van der Waals surface area contributed by atoms with Crippen molar-refractivity contribution >= 4 is 38.9 Å². The van der Waals surface area contributed by atoms with Crippen molar-refractivity contribution in [2.75, 3.05) is 4.31 Å². The summed E-state index contributed by atoms with van der Waals surface area (Å²) in [6.45, 7) is 3.40. The van der Waals surface area contributed by atoms with E-state index in [1.165, 1.54) is 43.3 Å². The van der Waals surface area contributed by atoms with Crippen molar-refractivity contribution in [3.63, 3.8) is 0 Å². The summed E-state index contributed by atoms with van der Waals surface area (Å²) < 4.78 is 41.8. The van der Waals surface area contributed by atoms with Crippen molar-refractivity contribution in [1.82, 2.24) is 0 Å². The highest BCUT2D eigenvalue weighted by molar-refractivity contribution is 7.92. The number of sulfonamides is 1. The van der Waals surface area contributed by atoms with Crippen molar-refractivity contribution in [2.24, 2.45) is 0 Å². The van der Waals surface area contributed by atoms with Gasteiger partial charge in [-0.1, -0.05) is 36.5 Å².